The van der Waals surface area contributed by atoms with Crippen LogP contribution < -0.4 is 10.6 Å². The molecule has 0 spiro atoms. The normalized spacial score (nSPS) is 14.3. The number of furan rings is 1. The lowest BCUT2D eigenvalue weighted by molar-refractivity contribution is -0.131. The lowest BCUT2D eigenvalue weighted by atomic mass is 10.00. The Morgan fingerprint density at radius 3 is 3.04 bits per heavy atom. The molecule has 1 amide bonds. The number of hydrogen-bond acceptors (Lipinski definition) is 7. The van der Waals surface area contributed by atoms with Crippen LogP contribution in [0.2, 0.25) is 0 Å². The summed E-state index contributed by atoms with van der Waals surface area (Å²) in [7, 11) is 1.84. The number of hydrogen-bond donors (Lipinski definition) is 2. The molecular formula is C17H19N7O2. The van der Waals surface area contributed by atoms with E-state index in [1.54, 1.807) is 28.1 Å². The molecule has 2 N–H and O–H groups in total. The first-order valence-electron chi connectivity index (χ1n) is 8.28. The fourth-order valence-corrected chi connectivity index (χ4v) is 2.90. The van der Waals surface area contributed by atoms with Crippen LogP contribution in [-0.4, -0.2) is 50.2 Å². The van der Waals surface area contributed by atoms with Gasteiger partial charge in [0.25, 0.3) is 0 Å². The molecule has 4 rings (SSSR count). The van der Waals surface area contributed by atoms with Crippen molar-refractivity contribution < 1.29 is 9.21 Å². The minimum absolute atomic E-state index is 0.0281. The Bertz CT molecular complexity index is 955. The molecule has 0 unspecified atom stereocenters. The Morgan fingerprint density at radius 2 is 2.31 bits per heavy atom. The Balaban J connectivity index is 1.46. The Morgan fingerprint density at radius 1 is 1.46 bits per heavy atom. The monoisotopic (exact) mass is 353 g/mol. The summed E-state index contributed by atoms with van der Waals surface area (Å²) < 4.78 is 7.21. The number of fused-ring (bicyclic) bond motifs is 1. The van der Waals surface area contributed by atoms with Crippen LogP contribution in [0.15, 0.2) is 41.8 Å². The lowest BCUT2D eigenvalue weighted by Crippen LogP contribution is -2.51. The van der Waals surface area contributed by atoms with Crippen LogP contribution in [0.5, 0.6) is 0 Å². The van der Waals surface area contributed by atoms with Gasteiger partial charge in [0.2, 0.25) is 11.9 Å². The molecule has 0 bridgehead atoms. The first kappa shape index (κ1) is 16.1. The molecule has 0 radical (unpaired) electrons. The summed E-state index contributed by atoms with van der Waals surface area (Å²) in [6.07, 6.45) is 6.48. The Hall–Kier alpha value is -3.36. The second-order valence-corrected chi connectivity index (χ2v) is 6.25. The van der Waals surface area contributed by atoms with E-state index in [4.69, 9.17) is 4.42 Å². The lowest BCUT2D eigenvalue weighted by Gasteiger charge is -2.38. The second kappa shape index (κ2) is 6.51. The molecule has 9 heteroatoms. The first-order chi connectivity index (χ1) is 12.6. The number of carbonyl (C=O) groups is 1. The number of aryl methyl sites for hydroxylation is 1. The van der Waals surface area contributed by atoms with Crippen LogP contribution in [0.3, 0.4) is 0 Å². The standard InChI is InChI=1S/C17H19N7O2/c1-3-14(25)24-8-11(9-24)6-18-16-15-13(4-5-26-15)21-17(22-16)20-12-7-19-23(2)10-12/h3-5,7,10-11H,1,6,8-9H2,2H3,(H2,18,20,21,22). The van der Waals surface area contributed by atoms with Gasteiger partial charge in [-0.05, 0) is 6.08 Å². The molecule has 134 valence electrons. The molecule has 0 atom stereocenters. The summed E-state index contributed by atoms with van der Waals surface area (Å²) in [5.74, 6) is 1.43. The van der Waals surface area contributed by atoms with Gasteiger partial charge in [-0.2, -0.15) is 10.1 Å². The van der Waals surface area contributed by atoms with E-state index in [1.165, 1.54) is 6.08 Å². The molecule has 0 aliphatic carbocycles. The number of carbonyl (C=O) groups excluding carboxylic acids is 1. The fraction of sp³-hybridized carbons (Fsp3) is 0.294. The highest BCUT2D eigenvalue weighted by Gasteiger charge is 2.29. The quantitative estimate of drug-likeness (QED) is 0.651. The maximum absolute atomic E-state index is 11.5. The van der Waals surface area contributed by atoms with Gasteiger partial charge >= 0.3 is 0 Å². The Labute approximate surface area is 149 Å². The van der Waals surface area contributed by atoms with Gasteiger partial charge in [0, 0.05) is 44.9 Å². The van der Waals surface area contributed by atoms with E-state index in [0.29, 0.717) is 48.4 Å². The predicted molar refractivity (Wildman–Crippen MR) is 97.1 cm³/mol. The molecule has 9 nitrogen and oxygen atoms in total. The van der Waals surface area contributed by atoms with Crippen molar-refractivity contribution in [1.82, 2.24) is 24.6 Å². The van der Waals surface area contributed by atoms with Crippen molar-refractivity contribution in [2.24, 2.45) is 13.0 Å². The van der Waals surface area contributed by atoms with E-state index in [2.05, 4.69) is 32.3 Å². The number of amides is 1. The number of nitrogens with one attached hydrogen (secondary N) is 2. The summed E-state index contributed by atoms with van der Waals surface area (Å²) in [4.78, 5) is 22.2. The van der Waals surface area contributed by atoms with Crippen LogP contribution in [0.4, 0.5) is 17.5 Å². The molecule has 26 heavy (non-hydrogen) atoms. The SMILES string of the molecule is C=CC(=O)N1CC(CNc2nc(Nc3cnn(C)c3)nc3ccoc23)C1. The zero-order valence-electron chi connectivity index (χ0n) is 14.3. The van der Waals surface area contributed by atoms with Crippen molar-refractivity contribution in [3.63, 3.8) is 0 Å². The van der Waals surface area contributed by atoms with Gasteiger partial charge in [-0.3, -0.25) is 9.48 Å². The Kier molecular flexibility index (Phi) is 4.04. The molecule has 3 aromatic rings. The largest absolute Gasteiger partial charge is 0.459 e. The average Bonchev–Trinajstić information content (AvgIpc) is 3.21. The van der Waals surface area contributed by atoms with Gasteiger partial charge in [0.1, 0.15) is 5.52 Å². The van der Waals surface area contributed by atoms with Crippen molar-refractivity contribution >= 4 is 34.5 Å². The van der Waals surface area contributed by atoms with E-state index >= 15 is 0 Å². The first-order valence-corrected chi connectivity index (χ1v) is 8.28. The predicted octanol–water partition coefficient (Wildman–Crippen LogP) is 1.76. The van der Waals surface area contributed by atoms with Crippen molar-refractivity contribution in [3.8, 4) is 0 Å². The second-order valence-electron chi connectivity index (χ2n) is 6.25. The zero-order valence-corrected chi connectivity index (χ0v) is 14.3. The summed E-state index contributed by atoms with van der Waals surface area (Å²) in [5, 5.41) is 10.6. The van der Waals surface area contributed by atoms with Gasteiger partial charge < -0.3 is 20.0 Å². The highest BCUT2D eigenvalue weighted by atomic mass is 16.3. The van der Waals surface area contributed by atoms with E-state index in [1.807, 2.05) is 13.2 Å². The smallest absolute Gasteiger partial charge is 0.245 e. The molecule has 3 aromatic heterocycles. The number of nitrogens with zero attached hydrogens (tertiary/aromatic N) is 5. The third kappa shape index (κ3) is 3.10. The molecule has 0 saturated carbocycles. The third-order valence-corrected chi connectivity index (χ3v) is 4.27. The maximum Gasteiger partial charge on any atom is 0.245 e. The van der Waals surface area contributed by atoms with Crippen molar-refractivity contribution in [2.45, 2.75) is 0 Å². The number of rotatable bonds is 6. The molecule has 1 aliphatic heterocycles. The highest BCUT2D eigenvalue weighted by molar-refractivity contribution is 5.87. The third-order valence-electron chi connectivity index (χ3n) is 4.27. The molecule has 1 fully saturated rings. The summed E-state index contributed by atoms with van der Waals surface area (Å²) in [6.45, 7) is 5.63. The number of anilines is 3. The highest BCUT2D eigenvalue weighted by Crippen LogP contribution is 2.25. The van der Waals surface area contributed by atoms with Gasteiger partial charge in [-0.1, -0.05) is 6.58 Å². The number of aromatic nitrogens is 4. The van der Waals surface area contributed by atoms with Crippen LogP contribution in [0, 0.1) is 5.92 Å². The molecule has 0 aromatic carbocycles. The molecule has 4 heterocycles. The average molecular weight is 353 g/mol. The van der Waals surface area contributed by atoms with Crippen molar-refractivity contribution in [3.05, 3.63) is 37.4 Å². The van der Waals surface area contributed by atoms with E-state index < -0.39 is 0 Å². The van der Waals surface area contributed by atoms with Crippen LogP contribution >= 0.6 is 0 Å². The minimum atomic E-state index is -0.0281. The van der Waals surface area contributed by atoms with Crippen molar-refractivity contribution in [1.29, 1.82) is 0 Å². The maximum atomic E-state index is 11.5. The fourth-order valence-electron chi connectivity index (χ4n) is 2.90. The molecule has 1 saturated heterocycles. The van der Waals surface area contributed by atoms with Crippen LogP contribution in [-0.2, 0) is 11.8 Å². The van der Waals surface area contributed by atoms with E-state index in [-0.39, 0.29) is 5.91 Å². The summed E-state index contributed by atoms with van der Waals surface area (Å²) in [6, 6.07) is 1.80. The van der Waals surface area contributed by atoms with Crippen LogP contribution in [0.25, 0.3) is 11.1 Å². The van der Waals surface area contributed by atoms with Gasteiger partial charge in [-0.25, -0.2) is 4.98 Å². The van der Waals surface area contributed by atoms with Crippen molar-refractivity contribution in [2.75, 3.05) is 30.3 Å². The molecular weight excluding hydrogens is 334 g/mol. The van der Waals surface area contributed by atoms with Crippen LogP contribution in [0.1, 0.15) is 0 Å². The summed E-state index contributed by atoms with van der Waals surface area (Å²) >= 11 is 0. The van der Waals surface area contributed by atoms with Gasteiger partial charge in [0.15, 0.2) is 11.4 Å². The van der Waals surface area contributed by atoms with E-state index in [9.17, 15) is 4.79 Å². The topological polar surface area (TPSA) is 101 Å². The number of likely N-dealkylation sites (tertiary alicyclic amines) is 1. The van der Waals surface area contributed by atoms with E-state index in [0.717, 1.165) is 5.69 Å². The van der Waals surface area contributed by atoms with Gasteiger partial charge in [0.05, 0.1) is 18.1 Å². The molecule has 1 aliphatic rings. The zero-order chi connectivity index (χ0) is 18.1. The summed E-state index contributed by atoms with van der Waals surface area (Å²) in [5.41, 5.74) is 2.13. The minimum Gasteiger partial charge on any atom is -0.459 e. The van der Waals surface area contributed by atoms with Gasteiger partial charge in [-0.15, -0.1) is 0 Å².